The molecule has 2 aromatic rings. The Hall–Kier alpha value is -1.92. The molecular weight excluding hydrogens is 264 g/mol. The fourth-order valence-electron chi connectivity index (χ4n) is 2.55. The highest BCUT2D eigenvalue weighted by atomic mass is 32.2. The molecule has 100 valence electrons. The zero-order valence-corrected chi connectivity index (χ0v) is 12.2. The molecule has 0 spiro atoms. The van der Waals surface area contributed by atoms with Crippen LogP contribution in [0.1, 0.15) is 17.5 Å². The number of benzene rings is 2. The van der Waals surface area contributed by atoms with Crippen molar-refractivity contribution in [1.29, 1.82) is 5.26 Å². The minimum absolute atomic E-state index is 0.614. The van der Waals surface area contributed by atoms with E-state index in [0.29, 0.717) is 0 Å². The van der Waals surface area contributed by atoms with Crippen LogP contribution < -0.4 is 5.32 Å². The van der Waals surface area contributed by atoms with Gasteiger partial charge < -0.3 is 5.32 Å². The van der Waals surface area contributed by atoms with Crippen LogP contribution in [0.4, 0.5) is 5.69 Å². The van der Waals surface area contributed by atoms with E-state index in [1.807, 2.05) is 36.0 Å². The molecule has 3 heteroatoms. The summed E-state index contributed by atoms with van der Waals surface area (Å²) in [5.74, 6) is 0.962. The largest absolute Gasteiger partial charge is 0.364 e. The molecule has 1 unspecified atom stereocenters. The van der Waals surface area contributed by atoms with E-state index in [9.17, 15) is 5.26 Å². The molecule has 0 aliphatic carbocycles. The first-order chi connectivity index (χ1) is 9.73. The topological polar surface area (TPSA) is 35.8 Å². The second-order valence-electron chi connectivity index (χ2n) is 5.10. The molecule has 2 nitrogen and oxygen atoms in total. The normalized spacial score (nSPS) is 20.8. The number of anilines is 1. The van der Waals surface area contributed by atoms with Crippen LogP contribution in [0, 0.1) is 18.3 Å². The smallest absolute Gasteiger partial charge is 0.152 e. The van der Waals surface area contributed by atoms with Gasteiger partial charge in [0.05, 0.1) is 6.07 Å². The first-order valence-corrected chi connectivity index (χ1v) is 7.70. The third-order valence-corrected chi connectivity index (χ3v) is 4.76. The highest BCUT2D eigenvalue weighted by Crippen LogP contribution is 2.41. The Morgan fingerprint density at radius 1 is 1.15 bits per heavy atom. The molecule has 0 saturated heterocycles. The van der Waals surface area contributed by atoms with Gasteiger partial charge in [0.1, 0.15) is 0 Å². The summed E-state index contributed by atoms with van der Waals surface area (Å²) in [5, 5.41) is 13.2. The Balaban J connectivity index is 2.01. The lowest BCUT2D eigenvalue weighted by molar-refractivity contribution is 0.589. The molecule has 1 atom stereocenters. The lowest BCUT2D eigenvalue weighted by Crippen LogP contribution is -2.37. The van der Waals surface area contributed by atoms with E-state index in [1.165, 1.54) is 10.5 Å². The maximum Gasteiger partial charge on any atom is 0.152 e. The molecule has 1 N–H and O–H groups in total. The molecular formula is C17H16N2S. The fraction of sp³-hybridized carbons (Fsp3) is 0.235. The van der Waals surface area contributed by atoms with Crippen LogP contribution in [0.15, 0.2) is 53.4 Å². The van der Waals surface area contributed by atoms with Gasteiger partial charge in [0.2, 0.25) is 0 Å². The van der Waals surface area contributed by atoms with Gasteiger partial charge in [-0.1, -0.05) is 35.9 Å². The van der Waals surface area contributed by atoms with E-state index in [1.54, 1.807) is 0 Å². The molecule has 3 rings (SSSR count). The Morgan fingerprint density at radius 3 is 2.65 bits per heavy atom. The second-order valence-corrected chi connectivity index (χ2v) is 6.24. The maximum atomic E-state index is 9.78. The van der Waals surface area contributed by atoms with Crippen molar-refractivity contribution in [2.75, 3.05) is 11.1 Å². The van der Waals surface area contributed by atoms with Crippen LogP contribution in [0.2, 0.25) is 0 Å². The van der Waals surface area contributed by atoms with Crippen LogP contribution in [-0.4, -0.2) is 5.75 Å². The summed E-state index contributed by atoms with van der Waals surface area (Å²) < 4.78 is 0. The zero-order chi connectivity index (χ0) is 14.0. The minimum Gasteiger partial charge on any atom is -0.364 e. The average molecular weight is 280 g/mol. The molecule has 2 aromatic carbocycles. The molecule has 1 aliphatic rings. The average Bonchev–Trinajstić information content (AvgIpc) is 2.50. The van der Waals surface area contributed by atoms with E-state index in [-0.39, 0.29) is 0 Å². The van der Waals surface area contributed by atoms with Gasteiger partial charge in [-0.15, -0.1) is 11.8 Å². The third-order valence-electron chi connectivity index (χ3n) is 3.68. The molecule has 0 aromatic heterocycles. The van der Waals surface area contributed by atoms with Crippen molar-refractivity contribution >= 4 is 17.4 Å². The predicted octanol–water partition coefficient (Wildman–Crippen LogP) is 4.32. The fourth-order valence-corrected chi connectivity index (χ4v) is 3.75. The van der Waals surface area contributed by atoms with Crippen molar-refractivity contribution < 1.29 is 0 Å². The Bertz CT molecular complexity index is 657. The predicted molar refractivity (Wildman–Crippen MR) is 83.9 cm³/mol. The third kappa shape index (κ3) is 2.28. The Kier molecular flexibility index (Phi) is 3.42. The van der Waals surface area contributed by atoms with Crippen LogP contribution in [0.25, 0.3) is 0 Å². The van der Waals surface area contributed by atoms with E-state index in [4.69, 9.17) is 0 Å². The van der Waals surface area contributed by atoms with Crippen molar-refractivity contribution in [3.8, 4) is 6.07 Å². The van der Waals surface area contributed by atoms with Gasteiger partial charge in [-0.3, -0.25) is 0 Å². The second kappa shape index (κ2) is 5.22. The Labute approximate surface area is 123 Å². The maximum absolute atomic E-state index is 9.78. The van der Waals surface area contributed by atoms with E-state index in [2.05, 4.69) is 42.6 Å². The summed E-state index contributed by atoms with van der Waals surface area (Å²) in [5.41, 5.74) is 2.70. The summed E-state index contributed by atoms with van der Waals surface area (Å²) in [6.07, 6.45) is 0.819. The standard InChI is InChI=1S/C17H16N2S/c1-13-6-8-14(9-7-13)19-17(12-18)10-11-20-16-5-3-2-4-15(16)17/h2-9,19H,10-11H2,1H3. The van der Waals surface area contributed by atoms with Gasteiger partial charge in [-0.2, -0.15) is 5.26 Å². The van der Waals surface area contributed by atoms with Gasteiger partial charge in [0.15, 0.2) is 5.54 Å². The summed E-state index contributed by atoms with van der Waals surface area (Å²) in [4.78, 5) is 1.21. The van der Waals surface area contributed by atoms with Crippen molar-refractivity contribution in [3.05, 3.63) is 59.7 Å². The van der Waals surface area contributed by atoms with Crippen molar-refractivity contribution in [2.24, 2.45) is 0 Å². The van der Waals surface area contributed by atoms with E-state index >= 15 is 0 Å². The number of fused-ring (bicyclic) bond motifs is 1. The molecule has 0 bridgehead atoms. The molecule has 20 heavy (non-hydrogen) atoms. The van der Waals surface area contributed by atoms with E-state index in [0.717, 1.165) is 23.4 Å². The van der Waals surface area contributed by atoms with Crippen LogP contribution >= 0.6 is 11.8 Å². The molecule has 0 amide bonds. The number of hydrogen-bond donors (Lipinski definition) is 1. The summed E-state index contributed by atoms with van der Waals surface area (Å²) in [6.45, 7) is 2.07. The van der Waals surface area contributed by atoms with Gasteiger partial charge in [0.25, 0.3) is 0 Å². The highest BCUT2D eigenvalue weighted by Gasteiger charge is 2.37. The Morgan fingerprint density at radius 2 is 1.90 bits per heavy atom. The summed E-state index contributed by atoms with van der Waals surface area (Å²) >= 11 is 1.83. The number of aryl methyl sites for hydroxylation is 1. The van der Waals surface area contributed by atoms with Crippen molar-refractivity contribution in [2.45, 2.75) is 23.8 Å². The van der Waals surface area contributed by atoms with Crippen LogP contribution in [0.3, 0.4) is 0 Å². The number of nitriles is 1. The van der Waals surface area contributed by atoms with Crippen LogP contribution in [0.5, 0.6) is 0 Å². The van der Waals surface area contributed by atoms with Gasteiger partial charge >= 0.3 is 0 Å². The number of rotatable bonds is 2. The first kappa shape index (κ1) is 13.1. The lowest BCUT2D eigenvalue weighted by atomic mass is 9.87. The number of nitrogens with one attached hydrogen (secondary N) is 1. The summed E-state index contributed by atoms with van der Waals surface area (Å²) in [7, 11) is 0. The van der Waals surface area contributed by atoms with Gasteiger partial charge in [-0.25, -0.2) is 0 Å². The van der Waals surface area contributed by atoms with Crippen molar-refractivity contribution in [1.82, 2.24) is 0 Å². The quantitative estimate of drug-likeness (QED) is 0.889. The monoisotopic (exact) mass is 280 g/mol. The first-order valence-electron chi connectivity index (χ1n) is 6.72. The molecule has 0 radical (unpaired) electrons. The lowest BCUT2D eigenvalue weighted by Gasteiger charge is -2.34. The van der Waals surface area contributed by atoms with Crippen LogP contribution in [-0.2, 0) is 5.54 Å². The van der Waals surface area contributed by atoms with E-state index < -0.39 is 5.54 Å². The molecule has 1 heterocycles. The number of nitrogens with zero attached hydrogens (tertiary/aromatic N) is 1. The zero-order valence-electron chi connectivity index (χ0n) is 11.4. The van der Waals surface area contributed by atoms with Crippen molar-refractivity contribution in [3.63, 3.8) is 0 Å². The molecule has 0 fully saturated rings. The van der Waals surface area contributed by atoms with Gasteiger partial charge in [0, 0.05) is 21.9 Å². The minimum atomic E-state index is -0.614. The SMILES string of the molecule is Cc1ccc(NC2(C#N)CCSc3ccccc32)cc1. The van der Waals surface area contributed by atoms with Gasteiger partial charge in [-0.05, 0) is 31.5 Å². The highest BCUT2D eigenvalue weighted by molar-refractivity contribution is 7.99. The number of thioether (sulfide) groups is 1. The summed E-state index contributed by atoms with van der Waals surface area (Å²) in [6, 6.07) is 18.9. The molecule has 0 saturated carbocycles. The molecule has 1 aliphatic heterocycles. The number of hydrogen-bond acceptors (Lipinski definition) is 3.